The maximum atomic E-state index is 12.6. The minimum absolute atomic E-state index is 0.0411. The first-order valence-electron chi connectivity index (χ1n) is 11.8. The van der Waals surface area contributed by atoms with E-state index >= 15 is 0 Å². The van der Waals surface area contributed by atoms with Crippen molar-refractivity contribution < 1.29 is 14.1 Å². The molecule has 0 N–H and O–H groups in total. The van der Waals surface area contributed by atoms with Gasteiger partial charge in [0.2, 0.25) is 0 Å². The molecule has 0 spiro atoms. The van der Waals surface area contributed by atoms with Gasteiger partial charge in [-0.3, -0.25) is 9.79 Å². The second-order valence-electron chi connectivity index (χ2n) is 9.87. The molecule has 1 aliphatic rings. The predicted octanol–water partition coefficient (Wildman–Crippen LogP) is 5.02. The minimum Gasteiger partial charge on any atom is -0.399 e. The molecule has 5 heteroatoms. The normalized spacial score (nSPS) is 17.3. The van der Waals surface area contributed by atoms with Gasteiger partial charge in [-0.1, -0.05) is 84.9 Å². The van der Waals surface area contributed by atoms with Gasteiger partial charge < -0.3 is 9.31 Å². The number of aliphatic imine (C=N–C) groups is 1. The van der Waals surface area contributed by atoms with Crippen LogP contribution in [0.1, 0.15) is 51.3 Å². The first-order chi connectivity index (χ1) is 16.2. The van der Waals surface area contributed by atoms with Crippen LogP contribution in [0, 0.1) is 0 Å². The minimum atomic E-state index is -0.474. The van der Waals surface area contributed by atoms with E-state index in [1.165, 1.54) is 0 Å². The van der Waals surface area contributed by atoms with Crippen LogP contribution in [0.3, 0.4) is 0 Å². The van der Waals surface area contributed by atoms with Gasteiger partial charge >= 0.3 is 7.12 Å². The van der Waals surface area contributed by atoms with Crippen LogP contribution in [-0.4, -0.2) is 35.9 Å². The summed E-state index contributed by atoms with van der Waals surface area (Å²) < 4.78 is 12.3. The van der Waals surface area contributed by atoms with E-state index in [0.717, 1.165) is 27.9 Å². The van der Waals surface area contributed by atoms with Gasteiger partial charge in [-0.15, -0.1) is 0 Å². The lowest BCUT2D eigenvalue weighted by atomic mass is 9.78. The van der Waals surface area contributed by atoms with Crippen molar-refractivity contribution in [3.8, 4) is 0 Å². The van der Waals surface area contributed by atoms with Crippen LogP contribution in [-0.2, 0) is 20.5 Å². The Bertz CT molecular complexity index is 1100. The van der Waals surface area contributed by atoms with E-state index in [2.05, 4.69) is 0 Å². The summed E-state index contributed by atoms with van der Waals surface area (Å²) in [4.78, 5) is 17.6. The van der Waals surface area contributed by atoms with Crippen molar-refractivity contribution in [2.24, 2.45) is 4.99 Å². The summed E-state index contributed by atoms with van der Waals surface area (Å²) in [5, 5.41) is 0. The molecule has 4 nitrogen and oxygen atoms in total. The summed E-state index contributed by atoms with van der Waals surface area (Å²) >= 11 is 0. The number of rotatable bonds is 7. The number of nitrogens with zero attached hydrogens (tertiary/aromatic N) is 1. The zero-order valence-electron chi connectivity index (χ0n) is 20.6. The molecule has 0 aliphatic carbocycles. The first-order valence-corrected chi connectivity index (χ1v) is 11.8. The molecule has 34 heavy (non-hydrogen) atoms. The average Bonchev–Trinajstić information content (AvgIpc) is 3.04. The molecule has 1 unspecified atom stereocenters. The highest BCUT2D eigenvalue weighted by atomic mass is 16.7. The monoisotopic (exact) mass is 453 g/mol. The SMILES string of the molecule is CC(=O)C(Cc1ccc(B2OC(C)(C)C(C)(C)O2)cc1)N=C(c1ccccc1)c1ccccc1. The van der Waals surface area contributed by atoms with E-state index in [-0.39, 0.29) is 17.0 Å². The molecule has 4 rings (SSSR count). The number of ketones is 1. The second kappa shape index (κ2) is 9.69. The molecule has 3 aromatic rings. The van der Waals surface area contributed by atoms with Crippen LogP contribution < -0.4 is 5.46 Å². The Hall–Kier alpha value is -3.02. The molecule has 1 atom stereocenters. The van der Waals surface area contributed by atoms with Gasteiger partial charge in [-0.05, 0) is 45.6 Å². The van der Waals surface area contributed by atoms with E-state index < -0.39 is 13.2 Å². The van der Waals surface area contributed by atoms with Crippen LogP contribution in [0.2, 0.25) is 0 Å². The van der Waals surface area contributed by atoms with E-state index in [1.54, 1.807) is 6.92 Å². The molecule has 1 fully saturated rings. The third kappa shape index (κ3) is 5.21. The van der Waals surface area contributed by atoms with Crippen LogP contribution in [0.25, 0.3) is 0 Å². The molecule has 1 aliphatic heterocycles. The zero-order valence-corrected chi connectivity index (χ0v) is 20.6. The van der Waals surface area contributed by atoms with Gasteiger partial charge in [0.1, 0.15) is 6.04 Å². The summed E-state index contributed by atoms with van der Waals surface area (Å²) in [5.74, 6) is 0.0411. The van der Waals surface area contributed by atoms with E-state index in [9.17, 15) is 4.79 Å². The zero-order chi connectivity index (χ0) is 24.3. The van der Waals surface area contributed by atoms with Crippen molar-refractivity contribution in [2.45, 2.75) is 58.3 Å². The fourth-order valence-electron chi connectivity index (χ4n) is 3.96. The van der Waals surface area contributed by atoms with Gasteiger partial charge in [0.15, 0.2) is 5.78 Å². The summed E-state index contributed by atoms with van der Waals surface area (Å²) in [6.07, 6.45) is 0.530. The van der Waals surface area contributed by atoms with E-state index in [4.69, 9.17) is 14.3 Å². The second-order valence-corrected chi connectivity index (χ2v) is 9.87. The van der Waals surface area contributed by atoms with Gasteiger partial charge in [0.25, 0.3) is 0 Å². The molecule has 0 saturated carbocycles. The Balaban J connectivity index is 1.58. The molecule has 1 heterocycles. The number of benzene rings is 3. The molecular formula is C29H32BNO3. The Morgan fingerprint density at radius 2 is 1.26 bits per heavy atom. The summed E-state index contributed by atoms with van der Waals surface area (Å²) in [6, 6.07) is 27.7. The van der Waals surface area contributed by atoms with Crippen LogP contribution >= 0.6 is 0 Å². The first kappa shape index (κ1) is 24.1. The quantitative estimate of drug-likeness (QED) is 0.373. The summed E-state index contributed by atoms with van der Waals surface area (Å²) in [6.45, 7) is 9.81. The predicted molar refractivity (Wildman–Crippen MR) is 139 cm³/mol. The van der Waals surface area contributed by atoms with Gasteiger partial charge in [0.05, 0.1) is 16.9 Å². The summed E-state index contributed by atoms with van der Waals surface area (Å²) in [7, 11) is -0.400. The third-order valence-electron chi connectivity index (χ3n) is 6.78. The molecule has 0 amide bonds. The average molecular weight is 453 g/mol. The van der Waals surface area contributed by atoms with Crippen LogP contribution in [0.5, 0.6) is 0 Å². The van der Waals surface area contributed by atoms with Crippen molar-refractivity contribution in [1.82, 2.24) is 0 Å². The van der Waals surface area contributed by atoms with Crippen LogP contribution in [0.15, 0.2) is 89.9 Å². The highest BCUT2D eigenvalue weighted by Gasteiger charge is 2.51. The molecular weight excluding hydrogens is 421 g/mol. The highest BCUT2D eigenvalue weighted by molar-refractivity contribution is 6.62. The number of hydrogen-bond donors (Lipinski definition) is 0. The van der Waals surface area contributed by atoms with E-state index in [0.29, 0.717) is 6.42 Å². The lowest BCUT2D eigenvalue weighted by Crippen LogP contribution is -2.41. The molecule has 174 valence electrons. The van der Waals surface area contributed by atoms with Gasteiger partial charge in [0, 0.05) is 17.5 Å². The number of carbonyl (C=O) groups excluding carboxylic acids is 1. The van der Waals surface area contributed by atoms with Crippen molar-refractivity contribution in [2.75, 3.05) is 0 Å². The Morgan fingerprint density at radius 1 is 0.794 bits per heavy atom. The maximum Gasteiger partial charge on any atom is 0.494 e. The van der Waals surface area contributed by atoms with Gasteiger partial charge in [-0.25, -0.2) is 0 Å². The Morgan fingerprint density at radius 3 is 1.71 bits per heavy atom. The van der Waals surface area contributed by atoms with Crippen molar-refractivity contribution in [3.05, 3.63) is 102 Å². The standard InChI is InChI=1S/C29H32BNO3/c1-21(32)26(31-27(23-12-8-6-9-13-23)24-14-10-7-11-15-24)20-22-16-18-25(19-17-22)30-33-28(2,3)29(4,5)34-30/h6-19,26H,20H2,1-5H3. The molecule has 0 radical (unpaired) electrons. The van der Waals surface area contributed by atoms with Crippen LogP contribution in [0.4, 0.5) is 0 Å². The smallest absolute Gasteiger partial charge is 0.399 e. The number of hydrogen-bond acceptors (Lipinski definition) is 4. The molecule has 0 aromatic heterocycles. The van der Waals surface area contributed by atoms with Crippen molar-refractivity contribution in [3.63, 3.8) is 0 Å². The fraction of sp³-hybridized carbons (Fsp3) is 0.310. The molecule has 1 saturated heterocycles. The largest absolute Gasteiger partial charge is 0.494 e. The summed E-state index contributed by atoms with van der Waals surface area (Å²) in [5.41, 5.74) is 4.08. The maximum absolute atomic E-state index is 12.6. The lowest BCUT2D eigenvalue weighted by molar-refractivity contribution is -0.118. The van der Waals surface area contributed by atoms with Gasteiger partial charge in [-0.2, -0.15) is 0 Å². The van der Waals surface area contributed by atoms with Crippen molar-refractivity contribution in [1.29, 1.82) is 0 Å². The fourth-order valence-corrected chi connectivity index (χ4v) is 3.96. The molecule has 0 bridgehead atoms. The van der Waals surface area contributed by atoms with Crippen molar-refractivity contribution >= 4 is 24.1 Å². The lowest BCUT2D eigenvalue weighted by Gasteiger charge is -2.32. The number of carbonyl (C=O) groups is 1. The molecule has 3 aromatic carbocycles. The Labute approximate surface area is 203 Å². The highest BCUT2D eigenvalue weighted by Crippen LogP contribution is 2.36. The third-order valence-corrected chi connectivity index (χ3v) is 6.78. The topological polar surface area (TPSA) is 47.9 Å². The number of Topliss-reactive ketones (excluding diaryl/α,β-unsaturated/α-hetero) is 1. The van der Waals surface area contributed by atoms with E-state index in [1.807, 2.05) is 113 Å². The Kier molecular flexibility index (Phi) is 6.87.